The van der Waals surface area contributed by atoms with Gasteiger partial charge in [0.15, 0.2) is 0 Å². The molecule has 0 bridgehead atoms. The van der Waals surface area contributed by atoms with E-state index in [0.29, 0.717) is 0 Å². The molecule has 0 aliphatic heterocycles. The summed E-state index contributed by atoms with van der Waals surface area (Å²) in [5.74, 6) is 1.87. The molecule has 0 heteroatoms. The minimum Gasteiger partial charge on any atom is -0.0654 e. The molecule has 0 saturated heterocycles. The van der Waals surface area contributed by atoms with Crippen LogP contribution in [0.1, 0.15) is 137 Å². The molecule has 1 unspecified atom stereocenters. The molecule has 0 rings (SSSR count). The predicted octanol–water partition coefficient (Wildman–Crippen LogP) is 8.93. The first-order valence-corrected chi connectivity index (χ1v) is 11.2. The maximum atomic E-state index is 2.44. The zero-order valence-corrected chi connectivity index (χ0v) is 17.2. The zero-order valence-electron chi connectivity index (χ0n) is 17.2. The second-order valence-corrected chi connectivity index (χ2v) is 8.46. The van der Waals surface area contributed by atoms with Crippen LogP contribution >= 0.6 is 0 Å². The molecule has 0 aromatic rings. The molecule has 0 nitrogen and oxygen atoms in total. The van der Waals surface area contributed by atoms with E-state index in [-0.39, 0.29) is 0 Å². The van der Waals surface area contributed by atoms with Gasteiger partial charge in [0.05, 0.1) is 0 Å². The van der Waals surface area contributed by atoms with Gasteiger partial charge < -0.3 is 0 Å². The molecular weight excluding hydrogens is 276 g/mol. The van der Waals surface area contributed by atoms with Gasteiger partial charge in [-0.25, -0.2) is 0 Å². The van der Waals surface area contributed by atoms with Crippen molar-refractivity contribution >= 4 is 0 Å². The van der Waals surface area contributed by atoms with E-state index >= 15 is 0 Å². The van der Waals surface area contributed by atoms with Crippen molar-refractivity contribution in [1.29, 1.82) is 0 Å². The van der Waals surface area contributed by atoms with Crippen LogP contribution in [-0.2, 0) is 0 Å². The molecule has 0 heterocycles. The molecular formula is C23H48. The highest BCUT2D eigenvalue weighted by Crippen LogP contribution is 2.17. The molecule has 140 valence electrons. The minimum atomic E-state index is 0.898. The lowest BCUT2D eigenvalue weighted by Crippen LogP contribution is -1.94. The summed E-state index contributed by atoms with van der Waals surface area (Å²) in [5.41, 5.74) is 0. The van der Waals surface area contributed by atoms with E-state index in [1.807, 2.05) is 0 Å². The Balaban J connectivity index is 3.05. The maximum Gasteiger partial charge on any atom is -0.0443 e. The standard InChI is InChI=1S/C23H48/c1-5-6-20-23(4)21-18-16-14-12-10-8-7-9-11-13-15-17-19-22(2)3/h22-23H,5-21H2,1-4H3. The van der Waals surface area contributed by atoms with Gasteiger partial charge in [0.2, 0.25) is 0 Å². The van der Waals surface area contributed by atoms with Crippen molar-refractivity contribution in [2.45, 2.75) is 137 Å². The van der Waals surface area contributed by atoms with Gasteiger partial charge >= 0.3 is 0 Å². The highest BCUT2D eigenvalue weighted by atomic mass is 14.1. The zero-order chi connectivity index (χ0) is 17.2. The predicted molar refractivity (Wildman–Crippen MR) is 108 cm³/mol. The second-order valence-electron chi connectivity index (χ2n) is 8.46. The Morgan fingerprint density at radius 2 is 0.783 bits per heavy atom. The molecule has 0 N–H and O–H groups in total. The number of hydrogen-bond acceptors (Lipinski definition) is 0. The molecule has 0 aliphatic carbocycles. The van der Waals surface area contributed by atoms with Crippen molar-refractivity contribution in [2.75, 3.05) is 0 Å². The monoisotopic (exact) mass is 324 g/mol. The summed E-state index contributed by atoms with van der Waals surface area (Å²) in [6.07, 6.45) is 24.9. The van der Waals surface area contributed by atoms with Gasteiger partial charge in [0.25, 0.3) is 0 Å². The number of rotatable bonds is 18. The summed E-state index contributed by atoms with van der Waals surface area (Å²) < 4.78 is 0. The van der Waals surface area contributed by atoms with Crippen molar-refractivity contribution in [3.63, 3.8) is 0 Å². The van der Waals surface area contributed by atoms with Crippen LogP contribution in [0.25, 0.3) is 0 Å². The molecule has 0 aromatic carbocycles. The fourth-order valence-corrected chi connectivity index (χ4v) is 3.51. The molecule has 1 atom stereocenters. The summed E-state index contributed by atoms with van der Waals surface area (Å²) >= 11 is 0. The fraction of sp³-hybridized carbons (Fsp3) is 1.00. The molecule has 0 fully saturated rings. The SMILES string of the molecule is CCCCC(C)CCCCCCCCCCCCCCC(C)C. The number of hydrogen-bond donors (Lipinski definition) is 0. The van der Waals surface area contributed by atoms with Crippen molar-refractivity contribution in [1.82, 2.24) is 0 Å². The highest BCUT2D eigenvalue weighted by Gasteiger charge is 2.01. The Labute approximate surface area is 149 Å². The van der Waals surface area contributed by atoms with Gasteiger partial charge in [-0.05, 0) is 11.8 Å². The van der Waals surface area contributed by atoms with E-state index in [1.54, 1.807) is 0 Å². The van der Waals surface area contributed by atoms with Crippen molar-refractivity contribution in [2.24, 2.45) is 11.8 Å². The van der Waals surface area contributed by atoms with Gasteiger partial charge in [0, 0.05) is 0 Å². The molecule has 23 heavy (non-hydrogen) atoms. The number of unbranched alkanes of at least 4 members (excludes halogenated alkanes) is 12. The van der Waals surface area contributed by atoms with Gasteiger partial charge in [-0.3, -0.25) is 0 Å². The summed E-state index contributed by atoms with van der Waals surface area (Å²) in [4.78, 5) is 0. The lowest BCUT2D eigenvalue weighted by Gasteiger charge is -2.10. The van der Waals surface area contributed by atoms with Crippen LogP contribution in [0.3, 0.4) is 0 Å². The van der Waals surface area contributed by atoms with Crippen LogP contribution in [0.4, 0.5) is 0 Å². The van der Waals surface area contributed by atoms with E-state index in [9.17, 15) is 0 Å². The lowest BCUT2D eigenvalue weighted by molar-refractivity contribution is 0.440. The summed E-state index contributed by atoms with van der Waals surface area (Å²) in [5, 5.41) is 0. The van der Waals surface area contributed by atoms with Crippen LogP contribution in [0.5, 0.6) is 0 Å². The third kappa shape index (κ3) is 20.0. The second kappa shape index (κ2) is 18.3. The third-order valence-electron chi connectivity index (χ3n) is 5.28. The van der Waals surface area contributed by atoms with Crippen LogP contribution < -0.4 is 0 Å². The van der Waals surface area contributed by atoms with Gasteiger partial charge in [0.1, 0.15) is 0 Å². The van der Waals surface area contributed by atoms with Crippen LogP contribution in [0, 0.1) is 11.8 Å². The van der Waals surface area contributed by atoms with E-state index in [2.05, 4.69) is 27.7 Å². The Morgan fingerprint density at radius 3 is 1.17 bits per heavy atom. The van der Waals surface area contributed by atoms with E-state index in [0.717, 1.165) is 11.8 Å². The molecule has 0 saturated carbocycles. The van der Waals surface area contributed by atoms with Crippen molar-refractivity contribution in [3.8, 4) is 0 Å². The first kappa shape index (κ1) is 23.0. The topological polar surface area (TPSA) is 0 Å². The van der Waals surface area contributed by atoms with E-state index < -0.39 is 0 Å². The lowest BCUT2D eigenvalue weighted by atomic mass is 9.97. The molecule has 0 aromatic heterocycles. The van der Waals surface area contributed by atoms with Gasteiger partial charge in [-0.15, -0.1) is 0 Å². The Bertz CT molecular complexity index is 206. The summed E-state index contributed by atoms with van der Waals surface area (Å²) in [7, 11) is 0. The summed E-state index contributed by atoms with van der Waals surface area (Å²) in [6.45, 7) is 9.43. The van der Waals surface area contributed by atoms with Crippen LogP contribution in [0.2, 0.25) is 0 Å². The van der Waals surface area contributed by atoms with Crippen molar-refractivity contribution in [3.05, 3.63) is 0 Å². The van der Waals surface area contributed by atoms with Gasteiger partial charge in [-0.2, -0.15) is 0 Å². The average molecular weight is 325 g/mol. The molecule has 0 aliphatic rings. The fourth-order valence-electron chi connectivity index (χ4n) is 3.51. The third-order valence-corrected chi connectivity index (χ3v) is 5.28. The van der Waals surface area contributed by atoms with Crippen molar-refractivity contribution < 1.29 is 0 Å². The minimum absolute atomic E-state index is 0.898. The summed E-state index contributed by atoms with van der Waals surface area (Å²) in [6, 6.07) is 0. The Kier molecular flexibility index (Phi) is 18.3. The highest BCUT2D eigenvalue weighted by molar-refractivity contribution is 4.55. The van der Waals surface area contributed by atoms with E-state index in [4.69, 9.17) is 0 Å². The van der Waals surface area contributed by atoms with Gasteiger partial charge in [-0.1, -0.05) is 137 Å². The van der Waals surface area contributed by atoms with Crippen LogP contribution in [-0.4, -0.2) is 0 Å². The van der Waals surface area contributed by atoms with E-state index in [1.165, 1.54) is 109 Å². The first-order chi connectivity index (χ1) is 11.2. The maximum absolute atomic E-state index is 2.44. The smallest absolute Gasteiger partial charge is 0.0443 e. The Morgan fingerprint density at radius 1 is 0.435 bits per heavy atom. The Hall–Kier alpha value is 0. The largest absolute Gasteiger partial charge is 0.0654 e. The average Bonchev–Trinajstić information content (AvgIpc) is 2.52. The quantitative estimate of drug-likeness (QED) is 0.221. The molecule has 0 radical (unpaired) electrons. The molecule has 0 amide bonds. The normalized spacial score (nSPS) is 12.9. The van der Waals surface area contributed by atoms with Crippen LogP contribution in [0.15, 0.2) is 0 Å². The first-order valence-electron chi connectivity index (χ1n) is 11.2. The molecule has 0 spiro atoms.